The number of aryl methyl sites for hydroxylation is 2. The molecule has 0 radical (unpaired) electrons. The maximum atomic E-state index is 12.6. The van der Waals surface area contributed by atoms with Gasteiger partial charge in [-0.3, -0.25) is 4.79 Å². The third kappa shape index (κ3) is 5.10. The molecule has 0 saturated heterocycles. The van der Waals surface area contributed by atoms with Crippen molar-refractivity contribution >= 4 is 34.3 Å². The molecule has 1 N–H and O–H groups in total. The zero-order valence-electron chi connectivity index (χ0n) is 16.5. The molecule has 1 heterocycles. The van der Waals surface area contributed by atoms with E-state index in [4.69, 9.17) is 4.74 Å². The molecule has 1 aliphatic carbocycles. The topological polar surface area (TPSA) is 55.4 Å². The first-order valence-electron chi connectivity index (χ1n) is 9.96. The third-order valence-corrected chi connectivity index (χ3v) is 6.10. The van der Waals surface area contributed by atoms with Crippen LogP contribution in [-0.2, 0) is 22.4 Å². The van der Waals surface area contributed by atoms with Gasteiger partial charge in [0.05, 0.1) is 12.2 Å². The van der Waals surface area contributed by atoms with Gasteiger partial charge in [0, 0.05) is 11.0 Å². The van der Waals surface area contributed by atoms with Gasteiger partial charge >= 0.3 is 5.97 Å². The Labute approximate surface area is 170 Å². The van der Waals surface area contributed by atoms with Crippen molar-refractivity contribution in [1.82, 2.24) is 0 Å². The summed E-state index contributed by atoms with van der Waals surface area (Å²) < 4.78 is 5.29. The highest BCUT2D eigenvalue weighted by Gasteiger charge is 2.25. The molecule has 0 aliphatic heterocycles. The van der Waals surface area contributed by atoms with Crippen molar-refractivity contribution in [2.24, 2.45) is 0 Å². The Morgan fingerprint density at radius 2 is 1.82 bits per heavy atom. The molecular formula is C23H27NO3S. The summed E-state index contributed by atoms with van der Waals surface area (Å²) in [7, 11) is 0. The highest BCUT2D eigenvalue weighted by molar-refractivity contribution is 7.17. The Hall–Kier alpha value is -2.40. The minimum Gasteiger partial charge on any atom is -0.462 e. The third-order valence-electron chi connectivity index (χ3n) is 4.89. The number of hydrogen-bond acceptors (Lipinski definition) is 4. The summed E-state index contributed by atoms with van der Waals surface area (Å²) >= 11 is 1.52. The Kier molecular flexibility index (Phi) is 7.04. The minimum absolute atomic E-state index is 0.236. The molecule has 28 heavy (non-hydrogen) atoms. The van der Waals surface area contributed by atoms with Crippen molar-refractivity contribution in [2.45, 2.75) is 52.4 Å². The van der Waals surface area contributed by atoms with Gasteiger partial charge in [0.25, 0.3) is 0 Å². The molecule has 5 heteroatoms. The first-order valence-corrected chi connectivity index (χ1v) is 10.8. The number of benzene rings is 1. The van der Waals surface area contributed by atoms with Crippen LogP contribution in [0.4, 0.5) is 5.00 Å². The molecule has 0 fully saturated rings. The number of ether oxygens (including phenoxy) is 1. The Bertz CT molecular complexity index is 865. The van der Waals surface area contributed by atoms with Gasteiger partial charge in [0.15, 0.2) is 0 Å². The SMILES string of the molecule is CCOC(=O)c1c(NC(=O)/C=C/c2ccc(C)cc2)sc2c1CCCCCC2. The molecule has 4 nitrogen and oxygen atoms in total. The standard InChI is InChI=1S/C23H27NO3S/c1-3-27-23(26)21-18-8-6-4-5-7-9-19(18)28-22(21)24-20(25)15-14-17-12-10-16(2)11-13-17/h10-15H,3-9H2,1-2H3,(H,24,25)/b15-14+. The molecule has 0 saturated carbocycles. The molecule has 1 amide bonds. The lowest BCUT2D eigenvalue weighted by molar-refractivity contribution is -0.111. The zero-order valence-corrected chi connectivity index (χ0v) is 17.4. The second kappa shape index (κ2) is 9.69. The number of thiophene rings is 1. The number of amides is 1. The van der Waals surface area contributed by atoms with E-state index in [1.165, 1.54) is 40.7 Å². The minimum atomic E-state index is -0.335. The Morgan fingerprint density at radius 1 is 1.11 bits per heavy atom. The van der Waals surface area contributed by atoms with Crippen LogP contribution in [0.3, 0.4) is 0 Å². The second-order valence-corrected chi connectivity index (χ2v) is 8.18. The molecule has 1 aromatic carbocycles. The largest absolute Gasteiger partial charge is 0.462 e. The summed E-state index contributed by atoms with van der Waals surface area (Å²) in [6.45, 7) is 4.15. The van der Waals surface area contributed by atoms with Crippen molar-refractivity contribution in [3.8, 4) is 0 Å². The van der Waals surface area contributed by atoms with E-state index in [0.29, 0.717) is 17.2 Å². The normalized spacial score (nSPS) is 14.2. The number of anilines is 1. The van der Waals surface area contributed by atoms with Crippen LogP contribution < -0.4 is 5.32 Å². The van der Waals surface area contributed by atoms with Crippen molar-refractivity contribution < 1.29 is 14.3 Å². The molecule has 0 spiro atoms. The average molecular weight is 398 g/mol. The van der Waals surface area contributed by atoms with Gasteiger partial charge in [0.1, 0.15) is 5.00 Å². The summed E-state index contributed by atoms with van der Waals surface area (Å²) in [6, 6.07) is 7.96. The van der Waals surface area contributed by atoms with Gasteiger partial charge in [-0.2, -0.15) is 0 Å². The fraction of sp³-hybridized carbons (Fsp3) is 0.391. The number of esters is 1. The first-order chi connectivity index (χ1) is 13.6. The lowest BCUT2D eigenvalue weighted by Crippen LogP contribution is -2.13. The lowest BCUT2D eigenvalue weighted by atomic mass is 9.96. The summed E-state index contributed by atoms with van der Waals surface area (Å²) in [5.41, 5.74) is 3.77. The van der Waals surface area contributed by atoms with Crippen LogP contribution in [-0.4, -0.2) is 18.5 Å². The van der Waals surface area contributed by atoms with E-state index in [2.05, 4.69) is 5.32 Å². The lowest BCUT2D eigenvalue weighted by Gasteiger charge is -2.11. The maximum absolute atomic E-state index is 12.6. The van der Waals surface area contributed by atoms with Gasteiger partial charge in [-0.1, -0.05) is 42.7 Å². The van der Waals surface area contributed by atoms with Crippen molar-refractivity contribution in [3.05, 3.63) is 57.5 Å². The monoisotopic (exact) mass is 397 g/mol. The highest BCUT2D eigenvalue weighted by Crippen LogP contribution is 2.37. The molecule has 0 bridgehead atoms. The number of carbonyl (C=O) groups is 2. The van der Waals surface area contributed by atoms with Gasteiger partial charge in [0.2, 0.25) is 5.91 Å². The number of hydrogen-bond donors (Lipinski definition) is 1. The predicted molar refractivity (Wildman–Crippen MR) is 115 cm³/mol. The summed E-state index contributed by atoms with van der Waals surface area (Å²) in [4.78, 5) is 26.3. The quantitative estimate of drug-likeness (QED) is 0.532. The fourth-order valence-electron chi connectivity index (χ4n) is 3.43. The molecule has 0 atom stereocenters. The smallest absolute Gasteiger partial charge is 0.341 e. The first kappa shape index (κ1) is 20.3. The van der Waals surface area contributed by atoms with Crippen LogP contribution in [0.1, 0.15) is 64.5 Å². The van der Waals surface area contributed by atoms with E-state index < -0.39 is 0 Å². The number of carbonyl (C=O) groups excluding carboxylic acids is 2. The Morgan fingerprint density at radius 3 is 2.54 bits per heavy atom. The zero-order chi connectivity index (χ0) is 19.9. The molecule has 148 valence electrons. The van der Waals surface area contributed by atoms with Crippen LogP contribution in [0.5, 0.6) is 0 Å². The maximum Gasteiger partial charge on any atom is 0.341 e. The van der Waals surface area contributed by atoms with E-state index >= 15 is 0 Å². The van der Waals surface area contributed by atoms with Crippen LogP contribution >= 0.6 is 11.3 Å². The van der Waals surface area contributed by atoms with E-state index in [1.54, 1.807) is 13.0 Å². The summed E-state index contributed by atoms with van der Waals surface area (Å²) in [5.74, 6) is -0.571. The van der Waals surface area contributed by atoms with E-state index in [0.717, 1.165) is 36.8 Å². The fourth-order valence-corrected chi connectivity index (χ4v) is 4.71. The summed E-state index contributed by atoms with van der Waals surface area (Å²) in [5, 5.41) is 3.54. The van der Waals surface area contributed by atoms with Crippen LogP contribution in [0.2, 0.25) is 0 Å². The van der Waals surface area contributed by atoms with Crippen molar-refractivity contribution in [3.63, 3.8) is 0 Å². The number of fused-ring (bicyclic) bond motifs is 1. The van der Waals surface area contributed by atoms with Crippen molar-refractivity contribution in [2.75, 3.05) is 11.9 Å². The van der Waals surface area contributed by atoms with Gasteiger partial charge in [-0.15, -0.1) is 11.3 Å². The van der Waals surface area contributed by atoms with E-state index in [9.17, 15) is 9.59 Å². The molecule has 1 aliphatic rings. The second-order valence-electron chi connectivity index (χ2n) is 7.08. The highest BCUT2D eigenvalue weighted by atomic mass is 32.1. The average Bonchev–Trinajstić information content (AvgIpc) is 2.97. The van der Waals surface area contributed by atoms with Crippen molar-refractivity contribution in [1.29, 1.82) is 0 Å². The molecular weight excluding hydrogens is 370 g/mol. The van der Waals surface area contributed by atoms with Gasteiger partial charge in [-0.05, 0) is 56.7 Å². The Balaban J connectivity index is 1.83. The van der Waals surface area contributed by atoms with E-state index in [-0.39, 0.29) is 11.9 Å². The van der Waals surface area contributed by atoms with Gasteiger partial charge < -0.3 is 10.1 Å². The molecule has 0 unspecified atom stereocenters. The van der Waals surface area contributed by atoms with Gasteiger partial charge in [-0.25, -0.2) is 4.79 Å². The number of nitrogens with one attached hydrogen (secondary N) is 1. The van der Waals surface area contributed by atoms with E-state index in [1.807, 2.05) is 31.2 Å². The number of rotatable bonds is 5. The predicted octanol–water partition coefficient (Wildman–Crippen LogP) is 5.54. The van der Waals surface area contributed by atoms with Crippen LogP contribution in [0.25, 0.3) is 6.08 Å². The van der Waals surface area contributed by atoms with Crippen LogP contribution in [0.15, 0.2) is 30.3 Å². The molecule has 1 aromatic heterocycles. The summed E-state index contributed by atoms with van der Waals surface area (Å²) in [6.07, 6.45) is 9.70. The van der Waals surface area contributed by atoms with Crippen LogP contribution in [0, 0.1) is 6.92 Å². The molecule has 3 rings (SSSR count). The molecule has 2 aromatic rings.